The van der Waals surface area contributed by atoms with E-state index >= 15 is 0 Å². The molecule has 0 amide bonds. The van der Waals surface area contributed by atoms with Gasteiger partial charge in [0.15, 0.2) is 0 Å². The first-order chi connectivity index (χ1) is 9.97. The molecule has 5 heteroatoms. The highest BCUT2D eigenvalue weighted by molar-refractivity contribution is 5.02. The van der Waals surface area contributed by atoms with E-state index in [4.69, 9.17) is 9.47 Å². The Hall–Kier alpha value is -0.260. The Kier molecular flexibility index (Phi) is 4.27. The molecule has 2 aliphatic carbocycles. The molecule has 0 bridgehead atoms. The second-order valence-corrected chi connectivity index (χ2v) is 7.41. The highest BCUT2D eigenvalue weighted by Gasteiger charge is 2.50. The lowest BCUT2D eigenvalue weighted by Crippen LogP contribution is -2.55. The number of nitrogens with one attached hydrogen (secondary N) is 1. The summed E-state index contributed by atoms with van der Waals surface area (Å²) in [6, 6.07) is 0.467. The highest BCUT2D eigenvalue weighted by Crippen LogP contribution is 2.54. The zero-order valence-electron chi connectivity index (χ0n) is 12.9. The summed E-state index contributed by atoms with van der Waals surface area (Å²) < 4.78 is 37.7. The van der Waals surface area contributed by atoms with E-state index in [1.807, 2.05) is 0 Å². The van der Waals surface area contributed by atoms with Gasteiger partial charge < -0.3 is 14.8 Å². The van der Waals surface area contributed by atoms with E-state index in [0.717, 1.165) is 38.8 Å². The van der Waals surface area contributed by atoms with Gasteiger partial charge in [0.1, 0.15) is 5.60 Å². The van der Waals surface area contributed by atoms with E-state index in [1.165, 1.54) is 0 Å². The zero-order valence-corrected chi connectivity index (χ0v) is 12.9. The minimum Gasteiger partial charge on any atom is -0.382 e. The first kappa shape index (κ1) is 15.6. The predicted molar refractivity (Wildman–Crippen MR) is 76.7 cm³/mol. The summed E-state index contributed by atoms with van der Waals surface area (Å²) in [6.07, 6.45) is 5.77. The number of hydrogen-bond donors (Lipinski definition) is 1. The summed E-state index contributed by atoms with van der Waals surface area (Å²) in [4.78, 5) is 0. The van der Waals surface area contributed by atoms with Gasteiger partial charge in [-0.15, -0.1) is 0 Å². The third-order valence-electron chi connectivity index (χ3n) is 5.71. The Morgan fingerprint density at radius 1 is 1.14 bits per heavy atom. The molecule has 2 saturated carbocycles. The van der Waals surface area contributed by atoms with Crippen LogP contribution in [0.1, 0.15) is 51.4 Å². The van der Waals surface area contributed by atoms with Crippen molar-refractivity contribution in [1.29, 1.82) is 0 Å². The second-order valence-electron chi connectivity index (χ2n) is 7.41. The van der Waals surface area contributed by atoms with Crippen molar-refractivity contribution in [1.82, 2.24) is 5.32 Å². The SMILES string of the molecule is COCC1(CNC2CC3(CCC(F)(F)CC3)C2)CCCO1. The molecule has 21 heavy (non-hydrogen) atoms. The smallest absolute Gasteiger partial charge is 0.248 e. The molecule has 0 aromatic carbocycles. The van der Waals surface area contributed by atoms with E-state index < -0.39 is 5.92 Å². The third-order valence-corrected chi connectivity index (χ3v) is 5.71. The molecule has 0 aromatic heterocycles. The van der Waals surface area contributed by atoms with Gasteiger partial charge in [-0.1, -0.05) is 0 Å². The maximum Gasteiger partial charge on any atom is 0.248 e. The lowest BCUT2D eigenvalue weighted by Gasteiger charge is -2.52. The lowest BCUT2D eigenvalue weighted by atomic mass is 9.58. The standard InChI is InChI=1S/C16H27F2NO2/c1-20-12-15(3-2-8-21-15)11-19-13-9-14(10-13)4-6-16(17,18)7-5-14/h13,19H,2-12H2,1H3. The molecule has 1 heterocycles. The molecule has 1 N–H and O–H groups in total. The quantitative estimate of drug-likeness (QED) is 0.846. The second kappa shape index (κ2) is 5.74. The lowest BCUT2D eigenvalue weighted by molar-refractivity contribution is -0.0982. The van der Waals surface area contributed by atoms with Crippen LogP contribution in [-0.4, -0.2) is 44.4 Å². The predicted octanol–water partition coefficient (Wildman–Crippen LogP) is 3.13. The molecule has 1 saturated heterocycles. The molecule has 3 aliphatic rings. The van der Waals surface area contributed by atoms with Crippen molar-refractivity contribution >= 4 is 0 Å². The number of rotatable bonds is 5. The molecular weight excluding hydrogens is 276 g/mol. The van der Waals surface area contributed by atoms with Crippen molar-refractivity contribution in [2.24, 2.45) is 5.41 Å². The van der Waals surface area contributed by atoms with Crippen LogP contribution in [0.25, 0.3) is 0 Å². The number of alkyl halides is 2. The van der Waals surface area contributed by atoms with Crippen LogP contribution in [0.3, 0.4) is 0 Å². The maximum atomic E-state index is 13.2. The fraction of sp³-hybridized carbons (Fsp3) is 1.00. The Bertz CT molecular complexity index is 351. The van der Waals surface area contributed by atoms with Gasteiger partial charge in [0.05, 0.1) is 6.61 Å². The van der Waals surface area contributed by atoms with Crippen molar-refractivity contribution in [3.05, 3.63) is 0 Å². The van der Waals surface area contributed by atoms with Crippen LogP contribution in [0.2, 0.25) is 0 Å². The fourth-order valence-electron chi connectivity index (χ4n) is 4.34. The average molecular weight is 303 g/mol. The molecule has 3 nitrogen and oxygen atoms in total. The Morgan fingerprint density at radius 3 is 2.43 bits per heavy atom. The van der Waals surface area contributed by atoms with Crippen molar-refractivity contribution < 1.29 is 18.3 Å². The average Bonchev–Trinajstić information content (AvgIpc) is 2.85. The molecule has 1 spiro atoms. The van der Waals surface area contributed by atoms with E-state index in [2.05, 4.69) is 5.32 Å². The molecule has 122 valence electrons. The molecule has 3 fully saturated rings. The molecule has 0 aromatic rings. The molecule has 1 unspecified atom stereocenters. The third kappa shape index (κ3) is 3.40. The minimum absolute atomic E-state index is 0.0798. The molecule has 1 atom stereocenters. The highest BCUT2D eigenvalue weighted by atomic mass is 19.3. The van der Waals surface area contributed by atoms with Crippen molar-refractivity contribution in [3.8, 4) is 0 Å². The summed E-state index contributed by atoms with van der Waals surface area (Å²) in [5, 5.41) is 3.59. The van der Waals surface area contributed by atoms with Gasteiger partial charge >= 0.3 is 0 Å². The molecular formula is C16H27F2NO2. The monoisotopic (exact) mass is 303 g/mol. The van der Waals surface area contributed by atoms with Gasteiger partial charge in [0, 0.05) is 39.1 Å². The fourth-order valence-corrected chi connectivity index (χ4v) is 4.34. The van der Waals surface area contributed by atoms with Crippen molar-refractivity contribution in [3.63, 3.8) is 0 Å². The largest absolute Gasteiger partial charge is 0.382 e. The van der Waals surface area contributed by atoms with Crippen LogP contribution in [0.5, 0.6) is 0 Å². The van der Waals surface area contributed by atoms with Crippen LogP contribution in [0.4, 0.5) is 8.78 Å². The van der Waals surface area contributed by atoms with E-state index in [9.17, 15) is 8.78 Å². The Balaban J connectivity index is 1.43. The maximum absolute atomic E-state index is 13.2. The Morgan fingerprint density at radius 2 is 1.86 bits per heavy atom. The summed E-state index contributed by atoms with van der Waals surface area (Å²) in [5.74, 6) is -2.41. The normalized spacial score (nSPS) is 35.0. The number of hydrogen-bond acceptors (Lipinski definition) is 3. The van der Waals surface area contributed by atoms with Gasteiger partial charge in [-0.25, -0.2) is 8.78 Å². The van der Waals surface area contributed by atoms with Gasteiger partial charge in [-0.05, 0) is 43.9 Å². The van der Waals surface area contributed by atoms with Crippen LogP contribution in [0.15, 0.2) is 0 Å². The summed E-state index contributed by atoms with van der Waals surface area (Å²) in [5.41, 5.74) is 0.0292. The zero-order chi connectivity index (χ0) is 15.0. The van der Waals surface area contributed by atoms with Gasteiger partial charge in [0.2, 0.25) is 5.92 Å². The van der Waals surface area contributed by atoms with Crippen LogP contribution >= 0.6 is 0 Å². The van der Waals surface area contributed by atoms with E-state index in [0.29, 0.717) is 25.5 Å². The first-order valence-corrected chi connectivity index (χ1v) is 8.21. The molecule has 0 radical (unpaired) electrons. The summed E-state index contributed by atoms with van der Waals surface area (Å²) in [6.45, 7) is 2.26. The van der Waals surface area contributed by atoms with E-state index in [-0.39, 0.29) is 23.9 Å². The summed E-state index contributed by atoms with van der Waals surface area (Å²) in [7, 11) is 1.71. The first-order valence-electron chi connectivity index (χ1n) is 8.21. The van der Waals surface area contributed by atoms with Crippen LogP contribution in [0, 0.1) is 5.41 Å². The topological polar surface area (TPSA) is 30.5 Å². The van der Waals surface area contributed by atoms with Gasteiger partial charge in [-0.2, -0.15) is 0 Å². The molecule has 1 aliphatic heterocycles. The summed E-state index contributed by atoms with van der Waals surface area (Å²) >= 11 is 0. The van der Waals surface area contributed by atoms with Crippen LogP contribution < -0.4 is 5.32 Å². The number of methoxy groups -OCH3 is 1. The van der Waals surface area contributed by atoms with Gasteiger partial charge in [0.25, 0.3) is 0 Å². The Labute approximate surface area is 125 Å². The number of halogens is 2. The van der Waals surface area contributed by atoms with Crippen molar-refractivity contribution in [2.45, 2.75) is 68.9 Å². The minimum atomic E-state index is -2.41. The number of ether oxygens (including phenoxy) is 2. The van der Waals surface area contributed by atoms with Gasteiger partial charge in [-0.3, -0.25) is 0 Å². The van der Waals surface area contributed by atoms with Crippen molar-refractivity contribution in [2.75, 3.05) is 26.9 Å². The van der Waals surface area contributed by atoms with E-state index in [1.54, 1.807) is 7.11 Å². The molecule has 3 rings (SSSR count). The van der Waals surface area contributed by atoms with Crippen LogP contribution in [-0.2, 0) is 9.47 Å².